The van der Waals surface area contributed by atoms with Gasteiger partial charge in [0, 0.05) is 28.8 Å². The topological polar surface area (TPSA) is 52.8 Å². The molecule has 0 saturated carbocycles. The minimum atomic E-state index is -0.0851. The standard InChI is InChI=1S/C11H7NO2/c13-10-2-1-7-8(11(10)14)3-6-4-12-5-9(6)7/h1-5,13-14H. The van der Waals surface area contributed by atoms with Gasteiger partial charge in [-0.25, -0.2) is 0 Å². The fraction of sp³-hybridized carbons (Fsp3) is 0. The summed E-state index contributed by atoms with van der Waals surface area (Å²) >= 11 is 0. The minimum absolute atomic E-state index is 0.0568. The van der Waals surface area contributed by atoms with E-state index in [-0.39, 0.29) is 11.5 Å². The highest BCUT2D eigenvalue weighted by Crippen LogP contribution is 2.23. The monoisotopic (exact) mass is 185 g/mol. The second kappa shape index (κ2) is 2.26. The van der Waals surface area contributed by atoms with E-state index in [2.05, 4.69) is 4.99 Å². The van der Waals surface area contributed by atoms with Gasteiger partial charge in [0.05, 0.1) is 0 Å². The van der Waals surface area contributed by atoms with E-state index >= 15 is 0 Å². The van der Waals surface area contributed by atoms with E-state index in [4.69, 9.17) is 0 Å². The molecule has 68 valence electrons. The molecule has 1 aliphatic carbocycles. The molecular weight excluding hydrogens is 178 g/mol. The van der Waals surface area contributed by atoms with Crippen LogP contribution in [0.15, 0.2) is 28.9 Å². The summed E-state index contributed by atoms with van der Waals surface area (Å²) in [6.07, 6.45) is 5.33. The fourth-order valence-corrected chi connectivity index (χ4v) is 1.81. The minimum Gasteiger partial charge on any atom is -0.504 e. The third-order valence-electron chi connectivity index (χ3n) is 2.51. The van der Waals surface area contributed by atoms with Gasteiger partial charge in [0.2, 0.25) is 0 Å². The molecule has 1 aliphatic heterocycles. The van der Waals surface area contributed by atoms with Gasteiger partial charge in [-0.05, 0) is 23.4 Å². The van der Waals surface area contributed by atoms with Crippen molar-refractivity contribution in [2.24, 2.45) is 4.99 Å². The van der Waals surface area contributed by atoms with Crippen LogP contribution in [0.4, 0.5) is 0 Å². The zero-order valence-electron chi connectivity index (χ0n) is 7.23. The Hall–Kier alpha value is -2.03. The molecule has 2 aliphatic rings. The van der Waals surface area contributed by atoms with Crippen molar-refractivity contribution in [1.82, 2.24) is 0 Å². The van der Waals surface area contributed by atoms with Gasteiger partial charge in [-0.15, -0.1) is 0 Å². The molecule has 0 amide bonds. The van der Waals surface area contributed by atoms with Crippen LogP contribution in [-0.4, -0.2) is 16.4 Å². The molecule has 0 saturated heterocycles. The molecule has 14 heavy (non-hydrogen) atoms. The third-order valence-corrected chi connectivity index (χ3v) is 2.51. The van der Waals surface area contributed by atoms with Crippen LogP contribution in [0, 0.1) is 0 Å². The van der Waals surface area contributed by atoms with Crippen molar-refractivity contribution in [3.05, 3.63) is 34.3 Å². The molecule has 1 heterocycles. The first-order chi connectivity index (χ1) is 6.77. The van der Waals surface area contributed by atoms with Gasteiger partial charge in [0.1, 0.15) is 0 Å². The molecular formula is C11H7NO2. The van der Waals surface area contributed by atoms with Gasteiger partial charge in [0.15, 0.2) is 11.5 Å². The second-order valence-corrected chi connectivity index (χ2v) is 3.32. The number of hydrogen-bond acceptors (Lipinski definition) is 3. The molecule has 0 fully saturated rings. The zero-order valence-corrected chi connectivity index (χ0v) is 7.23. The lowest BCUT2D eigenvalue weighted by Crippen LogP contribution is -2.22. The lowest BCUT2D eigenvalue weighted by atomic mass is 10.1. The summed E-state index contributed by atoms with van der Waals surface area (Å²) in [7, 11) is 0. The maximum absolute atomic E-state index is 9.61. The van der Waals surface area contributed by atoms with Crippen molar-refractivity contribution in [2.75, 3.05) is 0 Å². The highest BCUT2D eigenvalue weighted by molar-refractivity contribution is 6.16. The van der Waals surface area contributed by atoms with Crippen molar-refractivity contribution in [1.29, 1.82) is 0 Å². The van der Waals surface area contributed by atoms with Crippen LogP contribution in [0.25, 0.3) is 11.6 Å². The quantitative estimate of drug-likeness (QED) is 0.559. The molecule has 3 heteroatoms. The Balaban J connectivity index is 2.56. The Bertz CT molecular complexity index is 609. The number of allylic oxidation sites excluding steroid dienone is 1. The van der Waals surface area contributed by atoms with Gasteiger partial charge < -0.3 is 10.2 Å². The average Bonchev–Trinajstić information content (AvgIpc) is 2.71. The van der Waals surface area contributed by atoms with Crippen LogP contribution in [-0.2, 0) is 0 Å². The van der Waals surface area contributed by atoms with E-state index in [1.54, 1.807) is 18.5 Å². The van der Waals surface area contributed by atoms with Crippen LogP contribution in [0.5, 0.6) is 11.5 Å². The van der Waals surface area contributed by atoms with E-state index in [9.17, 15) is 10.2 Å². The molecule has 2 N–H and O–H groups in total. The highest BCUT2D eigenvalue weighted by atomic mass is 16.3. The van der Waals surface area contributed by atoms with Crippen LogP contribution >= 0.6 is 0 Å². The molecule has 1 aromatic rings. The van der Waals surface area contributed by atoms with E-state index in [0.29, 0.717) is 5.22 Å². The van der Waals surface area contributed by atoms with Crippen molar-refractivity contribution < 1.29 is 10.2 Å². The predicted octanol–water partition coefficient (Wildman–Crippen LogP) is 0.0109. The van der Waals surface area contributed by atoms with Crippen LogP contribution in [0.3, 0.4) is 0 Å². The maximum Gasteiger partial charge on any atom is 0.165 e. The molecule has 0 aromatic heterocycles. The predicted molar refractivity (Wildman–Crippen MR) is 53.5 cm³/mol. The Labute approximate surface area is 79.7 Å². The lowest BCUT2D eigenvalue weighted by Gasteiger charge is -1.96. The summed E-state index contributed by atoms with van der Waals surface area (Å²) in [4.78, 5) is 4.02. The summed E-state index contributed by atoms with van der Waals surface area (Å²) in [5.74, 6) is -0.142. The lowest BCUT2D eigenvalue weighted by molar-refractivity contribution is 0.400. The number of aromatic hydroxyl groups is 2. The first-order valence-electron chi connectivity index (χ1n) is 4.28. The first-order valence-corrected chi connectivity index (χ1v) is 4.28. The number of phenols is 2. The molecule has 0 unspecified atom stereocenters. The Morgan fingerprint density at radius 3 is 2.86 bits per heavy atom. The number of rotatable bonds is 0. The van der Waals surface area contributed by atoms with Crippen LogP contribution in [0.1, 0.15) is 0 Å². The molecule has 0 spiro atoms. The Morgan fingerprint density at radius 1 is 1.14 bits per heavy atom. The number of nitrogens with zero attached hydrogens (tertiary/aromatic N) is 1. The third kappa shape index (κ3) is 0.738. The zero-order chi connectivity index (χ0) is 9.71. The second-order valence-electron chi connectivity index (χ2n) is 3.32. The SMILES string of the molecule is Oc1ccc2c(c1O)=CC1=CN=CC=21. The number of aliphatic imine (C=N–C) groups is 1. The van der Waals surface area contributed by atoms with Crippen molar-refractivity contribution in [3.8, 4) is 11.5 Å². The van der Waals surface area contributed by atoms with Gasteiger partial charge in [-0.2, -0.15) is 0 Å². The van der Waals surface area contributed by atoms with E-state index in [1.165, 1.54) is 6.07 Å². The number of benzene rings is 1. The van der Waals surface area contributed by atoms with E-state index in [1.807, 2.05) is 6.08 Å². The highest BCUT2D eigenvalue weighted by Gasteiger charge is 2.15. The number of hydrogen-bond donors (Lipinski definition) is 2. The van der Waals surface area contributed by atoms with Crippen molar-refractivity contribution in [2.45, 2.75) is 0 Å². The summed E-state index contributed by atoms with van der Waals surface area (Å²) in [5.41, 5.74) is 2.00. The number of fused-ring (bicyclic) bond motifs is 2. The van der Waals surface area contributed by atoms with Crippen molar-refractivity contribution >= 4 is 17.9 Å². The normalized spacial score (nSPS) is 16.3. The van der Waals surface area contributed by atoms with E-state index in [0.717, 1.165) is 16.4 Å². The van der Waals surface area contributed by atoms with Gasteiger partial charge in [-0.1, -0.05) is 0 Å². The summed E-state index contributed by atoms with van der Waals surface area (Å²) in [6, 6.07) is 3.28. The molecule has 0 bridgehead atoms. The van der Waals surface area contributed by atoms with Gasteiger partial charge in [-0.3, -0.25) is 4.99 Å². The van der Waals surface area contributed by atoms with Crippen molar-refractivity contribution in [3.63, 3.8) is 0 Å². The Kier molecular flexibility index (Phi) is 1.19. The molecule has 3 nitrogen and oxygen atoms in total. The average molecular weight is 185 g/mol. The van der Waals surface area contributed by atoms with Gasteiger partial charge >= 0.3 is 0 Å². The molecule has 1 aromatic carbocycles. The molecule has 0 atom stereocenters. The largest absolute Gasteiger partial charge is 0.504 e. The van der Waals surface area contributed by atoms with Gasteiger partial charge in [0.25, 0.3) is 0 Å². The molecule has 0 radical (unpaired) electrons. The Morgan fingerprint density at radius 2 is 2.00 bits per heavy atom. The van der Waals surface area contributed by atoms with Crippen LogP contribution < -0.4 is 10.4 Å². The summed E-state index contributed by atoms with van der Waals surface area (Å²) in [5, 5.41) is 20.5. The molecule has 3 rings (SSSR count). The van der Waals surface area contributed by atoms with Crippen LogP contribution in [0.2, 0.25) is 0 Å². The first kappa shape index (κ1) is 7.38. The smallest absolute Gasteiger partial charge is 0.165 e. The maximum atomic E-state index is 9.61. The summed E-state index contributed by atoms with van der Waals surface area (Å²) < 4.78 is 0. The summed E-state index contributed by atoms with van der Waals surface area (Å²) in [6.45, 7) is 0. The number of phenolic OH excluding ortho intramolecular Hbond substituents is 2. The van der Waals surface area contributed by atoms with E-state index < -0.39 is 0 Å². The fourth-order valence-electron chi connectivity index (χ4n) is 1.81.